The second-order valence-electron chi connectivity index (χ2n) is 5.15. The lowest BCUT2D eigenvalue weighted by Crippen LogP contribution is -2.22. The van der Waals surface area contributed by atoms with Crippen LogP contribution in [0, 0.1) is 0 Å². The van der Waals surface area contributed by atoms with Crippen molar-refractivity contribution in [3.63, 3.8) is 0 Å². The molecule has 1 atom stereocenters. The summed E-state index contributed by atoms with van der Waals surface area (Å²) in [6, 6.07) is 6.22. The third-order valence-corrected chi connectivity index (χ3v) is 3.36. The van der Waals surface area contributed by atoms with Crippen molar-refractivity contribution in [3.05, 3.63) is 30.2 Å². The normalized spacial score (nSPS) is 13.4. The molecule has 100 valence electrons. The van der Waals surface area contributed by atoms with E-state index in [0.29, 0.717) is 0 Å². The Morgan fingerprint density at radius 1 is 1.32 bits per heavy atom. The number of nitrogens with two attached hydrogens (primary N) is 1. The minimum absolute atomic E-state index is 0.0831. The number of furan rings is 1. The van der Waals surface area contributed by atoms with Crippen molar-refractivity contribution in [2.45, 2.75) is 39.3 Å². The molecule has 2 heterocycles. The zero-order chi connectivity index (χ0) is 13.4. The van der Waals surface area contributed by atoms with Crippen molar-refractivity contribution in [2.75, 3.05) is 0 Å². The molecule has 0 saturated carbocycles. The summed E-state index contributed by atoms with van der Waals surface area (Å²) in [4.78, 5) is 0. The van der Waals surface area contributed by atoms with Gasteiger partial charge in [0.05, 0.1) is 24.0 Å². The maximum atomic E-state index is 5.93. The van der Waals surface area contributed by atoms with Crippen LogP contribution in [0.25, 0.3) is 21.9 Å². The minimum Gasteiger partial charge on any atom is -0.464 e. The molecule has 0 saturated heterocycles. The van der Waals surface area contributed by atoms with Crippen molar-refractivity contribution in [1.29, 1.82) is 0 Å². The van der Waals surface area contributed by atoms with Gasteiger partial charge in [0.1, 0.15) is 5.58 Å². The van der Waals surface area contributed by atoms with Crippen molar-refractivity contribution in [3.8, 4) is 0 Å². The maximum absolute atomic E-state index is 5.93. The van der Waals surface area contributed by atoms with Gasteiger partial charge in [0.25, 0.3) is 0 Å². The molecule has 0 bridgehead atoms. The van der Waals surface area contributed by atoms with E-state index in [4.69, 9.17) is 15.2 Å². The molecule has 2 N–H and O–H groups in total. The maximum Gasteiger partial charge on any atom is 0.136 e. The Kier molecular flexibility index (Phi) is 3.03. The van der Waals surface area contributed by atoms with E-state index < -0.39 is 0 Å². The lowest BCUT2D eigenvalue weighted by atomic mass is 10.1. The average Bonchev–Trinajstić information content (AvgIpc) is 2.94. The summed E-state index contributed by atoms with van der Waals surface area (Å²) < 4.78 is 7.51. The summed E-state index contributed by atoms with van der Waals surface area (Å²) in [5.41, 5.74) is 9.14. The van der Waals surface area contributed by atoms with Gasteiger partial charge in [-0.1, -0.05) is 13.3 Å². The highest BCUT2D eigenvalue weighted by Gasteiger charge is 2.14. The Hall–Kier alpha value is -1.81. The van der Waals surface area contributed by atoms with Gasteiger partial charge in [-0.25, -0.2) is 0 Å². The Labute approximate surface area is 112 Å². The zero-order valence-corrected chi connectivity index (χ0v) is 11.4. The third kappa shape index (κ3) is 2.02. The van der Waals surface area contributed by atoms with Crippen LogP contribution in [0.15, 0.2) is 28.9 Å². The first-order valence-electron chi connectivity index (χ1n) is 6.82. The molecule has 4 nitrogen and oxygen atoms in total. The number of rotatable bonds is 4. The second-order valence-corrected chi connectivity index (χ2v) is 5.15. The van der Waals surface area contributed by atoms with Gasteiger partial charge in [0.2, 0.25) is 0 Å². The quantitative estimate of drug-likeness (QED) is 0.781. The Bertz CT molecular complexity index is 709. The largest absolute Gasteiger partial charge is 0.464 e. The van der Waals surface area contributed by atoms with Gasteiger partial charge < -0.3 is 10.2 Å². The molecule has 19 heavy (non-hydrogen) atoms. The number of nitrogens with zero attached hydrogens (tertiary/aromatic N) is 2. The van der Waals surface area contributed by atoms with Gasteiger partial charge in [0, 0.05) is 16.8 Å². The van der Waals surface area contributed by atoms with E-state index >= 15 is 0 Å². The lowest BCUT2D eigenvalue weighted by Gasteiger charge is -2.06. The van der Waals surface area contributed by atoms with Gasteiger partial charge in [-0.2, -0.15) is 5.10 Å². The number of aromatic nitrogens is 2. The predicted octanol–water partition coefficient (Wildman–Crippen LogP) is 3.08. The van der Waals surface area contributed by atoms with E-state index in [1.165, 1.54) is 5.39 Å². The molecule has 0 aliphatic carbocycles. The summed E-state index contributed by atoms with van der Waals surface area (Å²) in [5, 5.41) is 7.08. The molecule has 3 rings (SSSR count). The SMILES string of the molecule is CCCc1nn(C[C@H](C)N)c2c1ccc1occc12. The third-order valence-electron chi connectivity index (χ3n) is 3.36. The average molecular weight is 257 g/mol. The number of aryl methyl sites for hydroxylation is 1. The van der Waals surface area contributed by atoms with E-state index in [1.54, 1.807) is 6.26 Å². The van der Waals surface area contributed by atoms with Gasteiger partial charge in [-0.15, -0.1) is 0 Å². The standard InChI is InChI=1S/C15H19N3O/c1-3-4-13-11-5-6-14-12(7-8-19-14)15(11)18(17-13)9-10(2)16/h5-8,10H,3-4,9,16H2,1-2H3/t10-/m0/s1. The van der Waals surface area contributed by atoms with Crippen molar-refractivity contribution in [2.24, 2.45) is 5.73 Å². The molecule has 0 amide bonds. The molecule has 1 aromatic carbocycles. The Morgan fingerprint density at radius 3 is 2.89 bits per heavy atom. The highest BCUT2D eigenvalue weighted by molar-refractivity contribution is 6.04. The predicted molar refractivity (Wildman–Crippen MR) is 77.1 cm³/mol. The Balaban J connectivity index is 2.29. The first-order chi connectivity index (χ1) is 9.20. The van der Waals surface area contributed by atoms with Crippen LogP contribution in [0.1, 0.15) is 26.0 Å². The van der Waals surface area contributed by atoms with E-state index in [1.807, 2.05) is 23.7 Å². The van der Waals surface area contributed by atoms with Crippen LogP contribution < -0.4 is 5.73 Å². The summed E-state index contributed by atoms with van der Waals surface area (Å²) >= 11 is 0. The van der Waals surface area contributed by atoms with Crippen LogP contribution in [-0.2, 0) is 13.0 Å². The second kappa shape index (κ2) is 4.70. The molecule has 3 aromatic rings. The van der Waals surface area contributed by atoms with Crippen LogP contribution in [-0.4, -0.2) is 15.8 Å². The number of hydrogen-bond donors (Lipinski definition) is 1. The topological polar surface area (TPSA) is 57.0 Å². The first kappa shape index (κ1) is 12.2. The van der Waals surface area contributed by atoms with E-state index in [0.717, 1.165) is 41.6 Å². The fourth-order valence-corrected chi connectivity index (χ4v) is 2.62. The van der Waals surface area contributed by atoms with Gasteiger partial charge in [0.15, 0.2) is 0 Å². The smallest absolute Gasteiger partial charge is 0.136 e. The summed E-state index contributed by atoms with van der Waals surface area (Å²) in [6.45, 7) is 4.90. The number of fused-ring (bicyclic) bond motifs is 3. The molecule has 0 fully saturated rings. The van der Waals surface area contributed by atoms with Gasteiger partial charge >= 0.3 is 0 Å². The fraction of sp³-hybridized carbons (Fsp3) is 0.400. The van der Waals surface area contributed by atoms with Gasteiger partial charge in [-0.3, -0.25) is 4.68 Å². The monoisotopic (exact) mass is 257 g/mol. The van der Waals surface area contributed by atoms with Crippen molar-refractivity contribution in [1.82, 2.24) is 9.78 Å². The van der Waals surface area contributed by atoms with E-state index in [-0.39, 0.29) is 6.04 Å². The van der Waals surface area contributed by atoms with E-state index in [2.05, 4.69) is 13.0 Å². The first-order valence-corrected chi connectivity index (χ1v) is 6.82. The molecule has 0 unspecified atom stereocenters. The molecule has 0 radical (unpaired) electrons. The highest BCUT2D eigenvalue weighted by Crippen LogP contribution is 2.29. The molecular weight excluding hydrogens is 238 g/mol. The van der Waals surface area contributed by atoms with E-state index in [9.17, 15) is 0 Å². The Morgan fingerprint density at radius 2 is 2.16 bits per heavy atom. The molecule has 0 aliphatic rings. The number of hydrogen-bond acceptors (Lipinski definition) is 3. The lowest BCUT2D eigenvalue weighted by molar-refractivity contribution is 0.547. The van der Waals surface area contributed by atoms with Gasteiger partial charge in [-0.05, 0) is 31.5 Å². The van der Waals surface area contributed by atoms with Crippen molar-refractivity contribution >= 4 is 21.9 Å². The highest BCUT2D eigenvalue weighted by atomic mass is 16.3. The molecule has 0 aliphatic heterocycles. The molecule has 2 aromatic heterocycles. The summed E-state index contributed by atoms with van der Waals surface area (Å²) in [7, 11) is 0. The molecule has 0 spiro atoms. The van der Waals surface area contributed by atoms with Crippen LogP contribution >= 0.6 is 0 Å². The fourth-order valence-electron chi connectivity index (χ4n) is 2.62. The zero-order valence-electron chi connectivity index (χ0n) is 11.4. The van der Waals surface area contributed by atoms with Crippen LogP contribution in [0.4, 0.5) is 0 Å². The van der Waals surface area contributed by atoms with Crippen LogP contribution in [0.5, 0.6) is 0 Å². The van der Waals surface area contributed by atoms with Crippen LogP contribution in [0.2, 0.25) is 0 Å². The molecular formula is C15H19N3O. The van der Waals surface area contributed by atoms with Crippen molar-refractivity contribution < 1.29 is 4.42 Å². The van der Waals surface area contributed by atoms with Crippen LogP contribution in [0.3, 0.4) is 0 Å². The minimum atomic E-state index is 0.0831. The summed E-state index contributed by atoms with van der Waals surface area (Å²) in [5.74, 6) is 0. The number of benzene rings is 1. The summed E-state index contributed by atoms with van der Waals surface area (Å²) in [6.07, 6.45) is 3.81. The molecule has 4 heteroatoms.